The molecule has 0 saturated carbocycles. The Morgan fingerprint density at radius 1 is 1.06 bits per heavy atom. The number of hydrogen-bond acceptors (Lipinski definition) is 3. The monoisotopic (exact) mass is 501 g/mol. The molecule has 0 aliphatic rings. The second-order valence-corrected chi connectivity index (χ2v) is 9.00. The van der Waals surface area contributed by atoms with Crippen molar-refractivity contribution >= 4 is 45.3 Å². The molecule has 0 radical (unpaired) electrons. The fraction of sp³-hybridized carbons (Fsp3) is 0.107. The number of fused-ring (bicyclic) bond motifs is 2. The molecule has 180 valence electrons. The van der Waals surface area contributed by atoms with Crippen molar-refractivity contribution in [1.82, 2.24) is 14.9 Å². The molecule has 2 heterocycles. The third kappa shape index (κ3) is 4.53. The number of carbonyl (C=O) groups is 2. The third-order valence-electron chi connectivity index (χ3n) is 6.12. The van der Waals surface area contributed by atoms with Crippen molar-refractivity contribution in [3.8, 4) is 0 Å². The van der Waals surface area contributed by atoms with Gasteiger partial charge in [-0.1, -0.05) is 41.9 Å². The molecule has 1 atom stereocenters. The van der Waals surface area contributed by atoms with Crippen molar-refractivity contribution in [3.05, 3.63) is 112 Å². The predicted molar refractivity (Wildman–Crippen MR) is 137 cm³/mol. The number of halogens is 2. The van der Waals surface area contributed by atoms with E-state index in [-0.39, 0.29) is 11.1 Å². The molecule has 0 bridgehead atoms. The molecule has 3 aromatic carbocycles. The number of carboxylic acid groups (broad SMARTS) is 1. The molecule has 2 aromatic heterocycles. The van der Waals surface area contributed by atoms with Gasteiger partial charge >= 0.3 is 5.97 Å². The summed E-state index contributed by atoms with van der Waals surface area (Å²) in [6, 6.07) is 20.0. The number of amides is 1. The molecule has 8 heteroatoms. The summed E-state index contributed by atoms with van der Waals surface area (Å²) in [6.07, 6.45) is 1.88. The van der Waals surface area contributed by atoms with Gasteiger partial charge in [-0.3, -0.25) is 9.78 Å². The molecule has 2 N–H and O–H groups in total. The van der Waals surface area contributed by atoms with E-state index in [4.69, 9.17) is 21.7 Å². The largest absolute Gasteiger partial charge is 0.478 e. The van der Waals surface area contributed by atoms with Crippen LogP contribution in [0.25, 0.3) is 21.8 Å². The summed E-state index contributed by atoms with van der Waals surface area (Å²) in [4.78, 5) is 29.2. The normalized spacial score (nSPS) is 12.1. The molecule has 0 fully saturated rings. The Bertz CT molecular complexity index is 1650. The first-order valence-electron chi connectivity index (χ1n) is 11.3. The van der Waals surface area contributed by atoms with E-state index < -0.39 is 23.7 Å². The number of carboxylic acids is 1. The average Bonchev–Trinajstić information content (AvgIpc) is 3.25. The highest BCUT2D eigenvalue weighted by molar-refractivity contribution is 6.32. The number of aromatic carboxylic acids is 1. The van der Waals surface area contributed by atoms with E-state index in [9.17, 15) is 14.0 Å². The highest BCUT2D eigenvalue weighted by Crippen LogP contribution is 2.27. The SMILES string of the molecule is C[C@H](NC(=O)c1cc(Cl)cc2ccn(Cc3ccc4ccccc4n3)c12)c1ccc(C(=O)O)cc1F. The average molecular weight is 502 g/mol. The van der Waals surface area contributed by atoms with Crippen LogP contribution in [0.3, 0.4) is 0 Å². The molecular formula is C28H21ClFN3O3. The van der Waals surface area contributed by atoms with Gasteiger partial charge in [0.15, 0.2) is 0 Å². The van der Waals surface area contributed by atoms with E-state index in [0.717, 1.165) is 28.0 Å². The van der Waals surface area contributed by atoms with Crippen LogP contribution < -0.4 is 5.32 Å². The van der Waals surface area contributed by atoms with Crippen LogP contribution in [0.15, 0.2) is 79.0 Å². The first-order valence-corrected chi connectivity index (χ1v) is 11.6. The molecule has 0 saturated heterocycles. The highest BCUT2D eigenvalue weighted by Gasteiger charge is 2.20. The van der Waals surface area contributed by atoms with Gasteiger partial charge in [0.1, 0.15) is 5.82 Å². The number of pyridine rings is 1. The van der Waals surface area contributed by atoms with Crippen LogP contribution in [0.4, 0.5) is 4.39 Å². The smallest absolute Gasteiger partial charge is 0.335 e. The lowest BCUT2D eigenvalue weighted by Gasteiger charge is -2.17. The minimum atomic E-state index is -1.22. The number of benzene rings is 3. The standard InChI is InChI=1S/C28H21ClFN3O3/c1-16(22-9-7-19(28(35)36)13-24(22)30)31-27(34)23-14-20(29)12-18-10-11-33(26(18)23)15-21-8-6-17-4-2-3-5-25(17)32-21/h2-14,16H,15H2,1H3,(H,31,34)(H,35,36)/t16-/m0/s1. The molecule has 36 heavy (non-hydrogen) atoms. The Labute approximate surface area is 211 Å². The van der Waals surface area contributed by atoms with E-state index in [2.05, 4.69) is 5.32 Å². The molecule has 0 aliphatic carbocycles. The maximum atomic E-state index is 14.6. The summed E-state index contributed by atoms with van der Waals surface area (Å²) in [7, 11) is 0. The van der Waals surface area contributed by atoms with Crippen LogP contribution in [0.2, 0.25) is 5.02 Å². The number of carbonyl (C=O) groups excluding carboxylic acids is 1. The molecule has 6 nitrogen and oxygen atoms in total. The first-order chi connectivity index (χ1) is 17.3. The Morgan fingerprint density at radius 2 is 1.86 bits per heavy atom. The molecular weight excluding hydrogens is 481 g/mol. The Kier molecular flexibility index (Phi) is 6.16. The van der Waals surface area contributed by atoms with Gasteiger partial charge in [-0.15, -0.1) is 0 Å². The van der Waals surface area contributed by atoms with E-state index >= 15 is 0 Å². The van der Waals surface area contributed by atoms with Gasteiger partial charge < -0.3 is 15.0 Å². The number of rotatable bonds is 6. The zero-order chi connectivity index (χ0) is 25.4. The lowest BCUT2D eigenvalue weighted by atomic mass is 10.0. The number of nitrogens with zero attached hydrogens (tertiary/aromatic N) is 2. The molecule has 0 aliphatic heterocycles. The van der Waals surface area contributed by atoms with E-state index in [1.54, 1.807) is 19.1 Å². The van der Waals surface area contributed by atoms with Crippen molar-refractivity contribution in [2.24, 2.45) is 0 Å². The van der Waals surface area contributed by atoms with Gasteiger partial charge in [0.2, 0.25) is 0 Å². The molecule has 0 spiro atoms. The van der Waals surface area contributed by atoms with E-state index in [1.807, 2.05) is 53.2 Å². The Hall–Kier alpha value is -4.23. The van der Waals surface area contributed by atoms with Crippen molar-refractivity contribution in [2.75, 3.05) is 0 Å². The molecule has 0 unspecified atom stereocenters. The zero-order valence-corrected chi connectivity index (χ0v) is 20.0. The maximum Gasteiger partial charge on any atom is 0.335 e. The number of nitrogens with one attached hydrogen (secondary N) is 1. The summed E-state index contributed by atoms with van der Waals surface area (Å²) < 4.78 is 16.5. The fourth-order valence-corrected chi connectivity index (χ4v) is 4.58. The minimum absolute atomic E-state index is 0.161. The van der Waals surface area contributed by atoms with Crippen molar-refractivity contribution < 1.29 is 19.1 Å². The van der Waals surface area contributed by atoms with Gasteiger partial charge in [0.25, 0.3) is 5.91 Å². The first kappa shape index (κ1) is 23.5. The Morgan fingerprint density at radius 3 is 2.64 bits per heavy atom. The summed E-state index contributed by atoms with van der Waals surface area (Å²) in [6.45, 7) is 2.08. The van der Waals surface area contributed by atoms with Crippen LogP contribution >= 0.6 is 11.6 Å². The van der Waals surface area contributed by atoms with Crippen LogP contribution in [0.1, 0.15) is 44.9 Å². The maximum absolute atomic E-state index is 14.6. The van der Waals surface area contributed by atoms with Gasteiger partial charge in [-0.25, -0.2) is 9.18 Å². The van der Waals surface area contributed by atoms with Gasteiger partial charge in [-0.05, 0) is 49.4 Å². The van der Waals surface area contributed by atoms with Crippen LogP contribution in [-0.4, -0.2) is 26.5 Å². The van der Waals surface area contributed by atoms with Crippen molar-refractivity contribution in [1.29, 1.82) is 0 Å². The zero-order valence-electron chi connectivity index (χ0n) is 19.2. The highest BCUT2D eigenvalue weighted by atomic mass is 35.5. The Balaban J connectivity index is 1.47. The number of para-hydroxylation sites is 1. The quantitative estimate of drug-likeness (QED) is 0.289. The topological polar surface area (TPSA) is 84.2 Å². The minimum Gasteiger partial charge on any atom is -0.478 e. The van der Waals surface area contributed by atoms with Crippen molar-refractivity contribution in [3.63, 3.8) is 0 Å². The third-order valence-corrected chi connectivity index (χ3v) is 6.34. The fourth-order valence-electron chi connectivity index (χ4n) is 4.35. The van der Waals surface area contributed by atoms with Crippen LogP contribution in [-0.2, 0) is 6.54 Å². The number of hydrogen-bond donors (Lipinski definition) is 2. The molecule has 5 aromatic rings. The molecule has 5 rings (SSSR count). The summed E-state index contributed by atoms with van der Waals surface area (Å²) in [5, 5.41) is 14.1. The second kappa shape index (κ2) is 9.43. The van der Waals surface area contributed by atoms with Crippen LogP contribution in [0, 0.1) is 5.82 Å². The lowest BCUT2D eigenvalue weighted by molar-refractivity contribution is 0.0695. The summed E-state index contributed by atoms with van der Waals surface area (Å²) in [5.74, 6) is -2.35. The summed E-state index contributed by atoms with van der Waals surface area (Å²) in [5.41, 5.74) is 2.77. The van der Waals surface area contributed by atoms with Crippen molar-refractivity contribution in [2.45, 2.75) is 19.5 Å². The predicted octanol–water partition coefficient (Wildman–Crippen LogP) is 6.22. The van der Waals surface area contributed by atoms with Crippen LogP contribution in [0.5, 0.6) is 0 Å². The lowest BCUT2D eigenvalue weighted by Crippen LogP contribution is -2.28. The van der Waals surface area contributed by atoms with Gasteiger partial charge in [0, 0.05) is 27.6 Å². The summed E-state index contributed by atoms with van der Waals surface area (Å²) >= 11 is 6.31. The van der Waals surface area contributed by atoms with Gasteiger partial charge in [0.05, 0.1) is 40.4 Å². The van der Waals surface area contributed by atoms with Gasteiger partial charge in [-0.2, -0.15) is 0 Å². The van der Waals surface area contributed by atoms with E-state index in [1.165, 1.54) is 12.1 Å². The molecule has 1 amide bonds. The second-order valence-electron chi connectivity index (χ2n) is 8.57. The van der Waals surface area contributed by atoms with E-state index in [0.29, 0.717) is 22.6 Å². The number of aromatic nitrogens is 2.